The summed E-state index contributed by atoms with van der Waals surface area (Å²) < 4.78 is 8.73. The van der Waals surface area contributed by atoms with E-state index >= 15 is 0 Å². The van der Waals surface area contributed by atoms with E-state index < -0.39 is 3.79 Å². The average Bonchev–Trinajstić information content (AvgIpc) is 2.78. The molecule has 1 aliphatic carbocycles. The Hall–Kier alpha value is -0.710. The summed E-state index contributed by atoms with van der Waals surface area (Å²) in [6, 6.07) is 0. The Morgan fingerprint density at radius 2 is 2.00 bits per heavy atom. The average molecular weight is 296 g/mol. The molecule has 1 aromatic rings. The van der Waals surface area contributed by atoms with E-state index in [1.165, 1.54) is 0 Å². The smallest absolute Gasteiger partial charge is 0.268 e. The summed E-state index contributed by atoms with van der Waals surface area (Å²) in [6.07, 6.45) is 5.25. The van der Waals surface area contributed by atoms with E-state index in [4.69, 9.17) is 44.0 Å². The fourth-order valence-electron chi connectivity index (χ4n) is 1.43. The molecule has 2 rings (SSSR count). The number of aromatic nitrogens is 2. The van der Waals surface area contributed by atoms with Crippen LogP contribution in [0.25, 0.3) is 5.57 Å². The predicted octanol–water partition coefficient (Wildman–Crippen LogP) is 3.60. The van der Waals surface area contributed by atoms with E-state index in [1.54, 1.807) is 7.11 Å². The third-order valence-electron chi connectivity index (χ3n) is 2.32. The van der Waals surface area contributed by atoms with Gasteiger partial charge >= 0.3 is 0 Å². The maximum absolute atomic E-state index is 5.64. The standard InChI is InChI=1S/C10H9Cl3N2O2/c1-16-7-4-2-6(3-5-7)8-14-15-9(17-8)10(11,12)13/h2,4H,3,5H2,1H3. The molecular formula is C10H9Cl3N2O2. The van der Waals surface area contributed by atoms with Crippen molar-refractivity contribution in [3.8, 4) is 0 Å². The van der Waals surface area contributed by atoms with E-state index in [0.29, 0.717) is 5.89 Å². The first kappa shape index (κ1) is 12.7. The highest BCUT2D eigenvalue weighted by Crippen LogP contribution is 2.38. The largest absolute Gasteiger partial charge is 0.501 e. The lowest BCUT2D eigenvalue weighted by Crippen LogP contribution is -1.99. The molecule has 0 aromatic carbocycles. The van der Waals surface area contributed by atoms with Crippen LogP contribution in [0.4, 0.5) is 0 Å². The second-order valence-corrected chi connectivity index (χ2v) is 5.72. The number of rotatable bonds is 2. The first-order chi connectivity index (χ1) is 8.00. The number of alkyl halides is 3. The van der Waals surface area contributed by atoms with Crippen LogP contribution in [-0.4, -0.2) is 17.3 Å². The normalized spacial score (nSPS) is 16.5. The lowest BCUT2D eigenvalue weighted by Gasteiger charge is -2.10. The fourth-order valence-corrected chi connectivity index (χ4v) is 1.66. The zero-order chi connectivity index (χ0) is 12.5. The van der Waals surface area contributed by atoms with Gasteiger partial charge in [0.25, 0.3) is 9.68 Å². The first-order valence-corrected chi connectivity index (χ1v) is 5.99. The van der Waals surface area contributed by atoms with E-state index in [2.05, 4.69) is 10.2 Å². The quantitative estimate of drug-likeness (QED) is 0.782. The van der Waals surface area contributed by atoms with Gasteiger partial charge in [-0.05, 0) is 12.5 Å². The van der Waals surface area contributed by atoms with Gasteiger partial charge in [0.1, 0.15) is 0 Å². The Morgan fingerprint density at radius 3 is 2.47 bits per heavy atom. The van der Waals surface area contributed by atoms with Crippen LogP contribution < -0.4 is 0 Å². The molecule has 0 N–H and O–H groups in total. The molecule has 92 valence electrons. The lowest BCUT2D eigenvalue weighted by atomic mass is 10.0. The van der Waals surface area contributed by atoms with Crippen molar-refractivity contribution in [1.29, 1.82) is 0 Å². The lowest BCUT2D eigenvalue weighted by molar-refractivity contribution is 0.277. The molecule has 0 radical (unpaired) electrons. The molecular weight excluding hydrogens is 286 g/mol. The maximum Gasteiger partial charge on any atom is 0.268 e. The maximum atomic E-state index is 5.64. The third-order valence-corrected chi connectivity index (χ3v) is 2.80. The van der Waals surface area contributed by atoms with Gasteiger partial charge in [0.05, 0.1) is 12.9 Å². The molecule has 0 amide bonds. The number of methoxy groups -OCH3 is 1. The molecule has 1 aliphatic rings. The zero-order valence-electron chi connectivity index (χ0n) is 8.91. The Bertz CT molecular complexity index is 474. The van der Waals surface area contributed by atoms with Crippen molar-refractivity contribution in [3.63, 3.8) is 0 Å². The minimum absolute atomic E-state index is 0.0279. The van der Waals surface area contributed by atoms with Crippen LogP contribution in [0.2, 0.25) is 0 Å². The Labute approximate surface area is 113 Å². The molecule has 0 saturated carbocycles. The molecule has 0 aliphatic heterocycles. The van der Waals surface area contributed by atoms with Gasteiger partial charge in [-0.25, -0.2) is 0 Å². The van der Waals surface area contributed by atoms with Crippen LogP contribution in [0.5, 0.6) is 0 Å². The van der Waals surface area contributed by atoms with Gasteiger partial charge in [-0.1, -0.05) is 40.9 Å². The summed E-state index contributed by atoms with van der Waals surface area (Å²) in [5, 5.41) is 7.55. The molecule has 4 nitrogen and oxygen atoms in total. The minimum Gasteiger partial charge on any atom is -0.501 e. The number of nitrogens with zero attached hydrogens (tertiary/aromatic N) is 2. The Kier molecular flexibility index (Phi) is 3.66. The Balaban J connectivity index is 2.22. The van der Waals surface area contributed by atoms with Crippen LogP contribution >= 0.6 is 34.8 Å². The van der Waals surface area contributed by atoms with Crippen LogP contribution in [0.15, 0.2) is 22.3 Å². The van der Waals surface area contributed by atoms with Crippen LogP contribution in [0.3, 0.4) is 0 Å². The molecule has 0 bridgehead atoms. The third kappa shape index (κ3) is 2.94. The molecule has 1 heterocycles. The molecule has 0 unspecified atom stereocenters. The van der Waals surface area contributed by atoms with Gasteiger partial charge in [-0.3, -0.25) is 0 Å². The Morgan fingerprint density at radius 1 is 1.24 bits per heavy atom. The molecule has 7 heteroatoms. The SMILES string of the molecule is COC1=CC=C(c2nnc(C(Cl)(Cl)Cl)o2)CC1. The fraction of sp³-hybridized carbons (Fsp3) is 0.400. The van der Waals surface area contributed by atoms with Gasteiger partial charge < -0.3 is 9.15 Å². The van der Waals surface area contributed by atoms with Gasteiger partial charge in [0.2, 0.25) is 5.89 Å². The molecule has 0 atom stereocenters. The summed E-state index contributed by atoms with van der Waals surface area (Å²) in [4.78, 5) is 0. The summed E-state index contributed by atoms with van der Waals surface area (Å²) in [5.41, 5.74) is 0.902. The number of allylic oxidation sites excluding steroid dienone is 4. The number of ether oxygens (including phenoxy) is 1. The summed E-state index contributed by atoms with van der Waals surface area (Å²) in [6.45, 7) is 0. The second-order valence-electron chi connectivity index (χ2n) is 3.44. The van der Waals surface area contributed by atoms with E-state index in [9.17, 15) is 0 Å². The van der Waals surface area contributed by atoms with Crippen molar-refractivity contribution >= 4 is 40.4 Å². The summed E-state index contributed by atoms with van der Waals surface area (Å²) >= 11 is 16.9. The van der Waals surface area contributed by atoms with Gasteiger partial charge in [-0.2, -0.15) is 0 Å². The van der Waals surface area contributed by atoms with E-state index in [-0.39, 0.29) is 5.89 Å². The molecule has 0 saturated heterocycles. The van der Waals surface area contributed by atoms with Gasteiger partial charge in [0, 0.05) is 12.0 Å². The van der Waals surface area contributed by atoms with E-state index in [0.717, 1.165) is 24.2 Å². The van der Waals surface area contributed by atoms with Crippen molar-refractivity contribution in [2.24, 2.45) is 0 Å². The zero-order valence-corrected chi connectivity index (χ0v) is 11.2. The van der Waals surface area contributed by atoms with Crippen LogP contribution in [0.1, 0.15) is 24.6 Å². The van der Waals surface area contributed by atoms with Gasteiger partial charge in [-0.15, -0.1) is 10.2 Å². The van der Waals surface area contributed by atoms with Crippen molar-refractivity contribution in [2.45, 2.75) is 16.6 Å². The topological polar surface area (TPSA) is 48.2 Å². The van der Waals surface area contributed by atoms with Crippen molar-refractivity contribution in [1.82, 2.24) is 10.2 Å². The summed E-state index contributed by atoms with van der Waals surface area (Å²) in [7, 11) is 1.64. The molecule has 0 fully saturated rings. The first-order valence-electron chi connectivity index (χ1n) is 4.85. The van der Waals surface area contributed by atoms with Crippen molar-refractivity contribution in [3.05, 3.63) is 29.7 Å². The summed E-state index contributed by atoms with van der Waals surface area (Å²) in [5.74, 6) is 1.26. The number of hydrogen-bond donors (Lipinski definition) is 0. The molecule has 0 spiro atoms. The van der Waals surface area contributed by atoms with Crippen LogP contribution in [-0.2, 0) is 8.53 Å². The van der Waals surface area contributed by atoms with E-state index in [1.807, 2.05) is 12.2 Å². The minimum atomic E-state index is -1.69. The highest BCUT2D eigenvalue weighted by atomic mass is 35.6. The van der Waals surface area contributed by atoms with Crippen LogP contribution in [0, 0.1) is 0 Å². The predicted molar refractivity (Wildman–Crippen MR) is 65.8 cm³/mol. The number of halogens is 3. The number of hydrogen-bond acceptors (Lipinski definition) is 4. The van der Waals surface area contributed by atoms with Crippen molar-refractivity contribution < 1.29 is 9.15 Å². The highest BCUT2D eigenvalue weighted by molar-refractivity contribution is 6.66. The highest BCUT2D eigenvalue weighted by Gasteiger charge is 2.30. The molecule has 1 aromatic heterocycles. The van der Waals surface area contributed by atoms with Gasteiger partial charge in [0.15, 0.2) is 0 Å². The molecule has 17 heavy (non-hydrogen) atoms. The monoisotopic (exact) mass is 294 g/mol. The second kappa shape index (κ2) is 4.88. The van der Waals surface area contributed by atoms with Crippen molar-refractivity contribution in [2.75, 3.05) is 7.11 Å².